The number of Topliss-reactive ketones (excluding diaryl/α,β-unsaturated/α-hetero) is 1. The largest absolute Gasteiger partial charge is 0.496 e. The predicted molar refractivity (Wildman–Crippen MR) is 86.1 cm³/mol. The van der Waals surface area contributed by atoms with Crippen LogP contribution in [0.1, 0.15) is 60.6 Å². The SMILES string of the molecule is COc1ccc(C(=O)CC(C)C)c2c1CCCC2N(C)C. The molecule has 2 rings (SSSR count). The zero-order chi connectivity index (χ0) is 15.6. The van der Waals surface area contributed by atoms with E-state index in [1.54, 1.807) is 7.11 Å². The molecule has 0 saturated carbocycles. The first kappa shape index (κ1) is 16.0. The molecule has 0 spiro atoms. The third kappa shape index (κ3) is 3.29. The summed E-state index contributed by atoms with van der Waals surface area (Å²) in [5.74, 6) is 1.58. The van der Waals surface area contributed by atoms with E-state index in [1.165, 1.54) is 11.1 Å². The molecule has 116 valence electrons. The van der Waals surface area contributed by atoms with E-state index in [2.05, 4.69) is 32.8 Å². The minimum atomic E-state index is 0.262. The van der Waals surface area contributed by atoms with Crippen molar-refractivity contribution in [2.45, 2.75) is 45.6 Å². The van der Waals surface area contributed by atoms with Gasteiger partial charge in [-0.1, -0.05) is 13.8 Å². The van der Waals surface area contributed by atoms with Gasteiger partial charge in [0.05, 0.1) is 7.11 Å². The van der Waals surface area contributed by atoms with Crippen LogP contribution in [0.3, 0.4) is 0 Å². The number of carbonyl (C=O) groups is 1. The quantitative estimate of drug-likeness (QED) is 0.771. The molecule has 3 nitrogen and oxygen atoms in total. The molecule has 3 heteroatoms. The first-order valence-electron chi connectivity index (χ1n) is 7.85. The van der Waals surface area contributed by atoms with Crippen LogP contribution in [0.5, 0.6) is 5.75 Å². The summed E-state index contributed by atoms with van der Waals surface area (Å²) >= 11 is 0. The van der Waals surface area contributed by atoms with E-state index in [0.29, 0.717) is 18.4 Å². The van der Waals surface area contributed by atoms with Crippen molar-refractivity contribution < 1.29 is 9.53 Å². The summed E-state index contributed by atoms with van der Waals surface area (Å²) in [7, 11) is 5.90. The fourth-order valence-electron chi connectivity index (χ4n) is 3.33. The molecule has 21 heavy (non-hydrogen) atoms. The number of hydrogen-bond acceptors (Lipinski definition) is 3. The van der Waals surface area contributed by atoms with Crippen LogP contribution in [0.25, 0.3) is 0 Å². The monoisotopic (exact) mass is 289 g/mol. The molecule has 1 aliphatic carbocycles. The van der Waals surface area contributed by atoms with Gasteiger partial charge in [0.1, 0.15) is 5.75 Å². The number of nitrogens with zero attached hydrogens (tertiary/aromatic N) is 1. The van der Waals surface area contributed by atoms with Crippen LogP contribution in [0.4, 0.5) is 0 Å². The zero-order valence-electron chi connectivity index (χ0n) is 13.9. The highest BCUT2D eigenvalue weighted by Crippen LogP contribution is 2.40. The average Bonchev–Trinajstić information content (AvgIpc) is 2.44. The number of fused-ring (bicyclic) bond motifs is 1. The lowest BCUT2D eigenvalue weighted by atomic mass is 9.81. The summed E-state index contributed by atoms with van der Waals surface area (Å²) in [6.07, 6.45) is 3.87. The summed E-state index contributed by atoms with van der Waals surface area (Å²) in [5.41, 5.74) is 3.34. The minimum Gasteiger partial charge on any atom is -0.496 e. The van der Waals surface area contributed by atoms with E-state index in [1.807, 2.05) is 12.1 Å². The zero-order valence-corrected chi connectivity index (χ0v) is 13.9. The Labute approximate surface area is 128 Å². The molecule has 1 unspecified atom stereocenters. The lowest BCUT2D eigenvalue weighted by Crippen LogP contribution is -2.27. The number of methoxy groups -OCH3 is 1. The van der Waals surface area contributed by atoms with Gasteiger partial charge < -0.3 is 9.64 Å². The Balaban J connectivity index is 2.54. The summed E-state index contributed by atoms with van der Waals surface area (Å²) < 4.78 is 5.53. The Hall–Kier alpha value is -1.35. The Morgan fingerprint density at radius 2 is 2.10 bits per heavy atom. The lowest BCUT2D eigenvalue weighted by molar-refractivity contribution is 0.0964. The molecule has 0 bridgehead atoms. The van der Waals surface area contributed by atoms with E-state index in [-0.39, 0.29) is 5.78 Å². The van der Waals surface area contributed by atoms with Crippen molar-refractivity contribution in [1.29, 1.82) is 0 Å². The molecule has 0 N–H and O–H groups in total. The molecule has 1 aliphatic rings. The molecule has 1 aromatic rings. The Bertz CT molecular complexity index is 520. The van der Waals surface area contributed by atoms with E-state index in [9.17, 15) is 4.79 Å². The van der Waals surface area contributed by atoms with Crippen LogP contribution in [-0.2, 0) is 6.42 Å². The van der Waals surface area contributed by atoms with E-state index >= 15 is 0 Å². The van der Waals surface area contributed by atoms with Crippen LogP contribution in [0.15, 0.2) is 12.1 Å². The number of ether oxygens (including phenoxy) is 1. The van der Waals surface area contributed by atoms with Gasteiger partial charge in [-0.05, 0) is 62.5 Å². The van der Waals surface area contributed by atoms with Crippen molar-refractivity contribution in [3.63, 3.8) is 0 Å². The number of rotatable bonds is 5. The second-order valence-corrected chi connectivity index (χ2v) is 6.60. The molecule has 0 fully saturated rings. The van der Waals surface area contributed by atoms with Gasteiger partial charge in [-0.3, -0.25) is 4.79 Å². The molecule has 1 aromatic carbocycles. The van der Waals surface area contributed by atoms with Crippen molar-refractivity contribution in [2.24, 2.45) is 5.92 Å². The van der Waals surface area contributed by atoms with Crippen molar-refractivity contribution in [1.82, 2.24) is 4.90 Å². The highest BCUT2D eigenvalue weighted by atomic mass is 16.5. The van der Waals surface area contributed by atoms with Gasteiger partial charge in [0.2, 0.25) is 0 Å². The molecule has 0 amide bonds. The van der Waals surface area contributed by atoms with Gasteiger partial charge in [0, 0.05) is 18.0 Å². The highest BCUT2D eigenvalue weighted by Gasteiger charge is 2.29. The summed E-state index contributed by atoms with van der Waals surface area (Å²) in [6, 6.07) is 4.24. The molecular formula is C18H27NO2. The van der Waals surface area contributed by atoms with E-state index in [4.69, 9.17) is 4.74 Å². The second kappa shape index (κ2) is 6.61. The number of benzene rings is 1. The van der Waals surface area contributed by atoms with Crippen LogP contribution in [0.2, 0.25) is 0 Å². The fourth-order valence-corrected chi connectivity index (χ4v) is 3.33. The second-order valence-electron chi connectivity index (χ2n) is 6.60. The van der Waals surface area contributed by atoms with Crippen LogP contribution >= 0.6 is 0 Å². The van der Waals surface area contributed by atoms with Gasteiger partial charge >= 0.3 is 0 Å². The van der Waals surface area contributed by atoms with Crippen molar-refractivity contribution in [3.05, 3.63) is 28.8 Å². The highest BCUT2D eigenvalue weighted by molar-refractivity contribution is 5.98. The van der Waals surface area contributed by atoms with Gasteiger partial charge in [-0.2, -0.15) is 0 Å². The normalized spacial score (nSPS) is 18.0. The topological polar surface area (TPSA) is 29.5 Å². The smallest absolute Gasteiger partial charge is 0.163 e. The molecule has 1 atom stereocenters. The maximum Gasteiger partial charge on any atom is 0.163 e. The van der Waals surface area contributed by atoms with E-state index < -0.39 is 0 Å². The number of ketones is 1. The van der Waals surface area contributed by atoms with Gasteiger partial charge in [0.15, 0.2) is 5.78 Å². The third-order valence-electron chi connectivity index (χ3n) is 4.29. The summed E-state index contributed by atoms with van der Waals surface area (Å²) in [4.78, 5) is 14.9. The first-order valence-corrected chi connectivity index (χ1v) is 7.85. The molecule has 0 heterocycles. The lowest BCUT2D eigenvalue weighted by Gasteiger charge is -2.33. The first-order chi connectivity index (χ1) is 9.95. The minimum absolute atomic E-state index is 0.262. The van der Waals surface area contributed by atoms with Crippen molar-refractivity contribution in [2.75, 3.05) is 21.2 Å². The standard InChI is InChI=1S/C18H27NO2/c1-12(2)11-16(20)13-9-10-17(21-5)14-7-6-8-15(18(13)14)19(3)4/h9-10,12,15H,6-8,11H2,1-5H3. The van der Waals surface area contributed by atoms with Crippen molar-refractivity contribution >= 4 is 5.78 Å². The maximum absolute atomic E-state index is 12.6. The van der Waals surface area contributed by atoms with Gasteiger partial charge in [-0.25, -0.2) is 0 Å². The van der Waals surface area contributed by atoms with Gasteiger partial charge in [-0.15, -0.1) is 0 Å². The molecule has 0 aliphatic heterocycles. The van der Waals surface area contributed by atoms with Crippen LogP contribution in [-0.4, -0.2) is 31.9 Å². The van der Waals surface area contributed by atoms with Gasteiger partial charge in [0.25, 0.3) is 0 Å². The van der Waals surface area contributed by atoms with Crippen LogP contribution < -0.4 is 4.74 Å². The van der Waals surface area contributed by atoms with Crippen LogP contribution in [0, 0.1) is 5.92 Å². The fraction of sp³-hybridized carbons (Fsp3) is 0.611. The Morgan fingerprint density at radius 1 is 1.38 bits per heavy atom. The van der Waals surface area contributed by atoms with E-state index in [0.717, 1.165) is 30.6 Å². The molecule has 0 saturated heterocycles. The average molecular weight is 289 g/mol. The van der Waals surface area contributed by atoms with Crippen molar-refractivity contribution in [3.8, 4) is 5.75 Å². The summed E-state index contributed by atoms with van der Waals surface area (Å²) in [6.45, 7) is 4.19. The number of hydrogen-bond donors (Lipinski definition) is 0. The summed E-state index contributed by atoms with van der Waals surface area (Å²) in [5, 5.41) is 0. The molecule has 0 radical (unpaired) electrons. The maximum atomic E-state index is 12.6. The Morgan fingerprint density at radius 3 is 2.67 bits per heavy atom. The number of carbonyl (C=O) groups excluding carboxylic acids is 1. The third-order valence-corrected chi connectivity index (χ3v) is 4.29. The molecule has 0 aromatic heterocycles. The molecular weight excluding hydrogens is 262 g/mol. The predicted octanol–water partition coefficient (Wildman–Crippen LogP) is 3.86. The Kier molecular flexibility index (Phi) is 5.04.